The largest absolute Gasteiger partial charge is 0.460 e. The first-order valence-corrected chi connectivity index (χ1v) is 9.04. The first-order valence-electron chi connectivity index (χ1n) is 7.49. The number of fused-ring (bicyclic) bond motifs is 1. The summed E-state index contributed by atoms with van der Waals surface area (Å²) in [6.07, 6.45) is 6.16. The molecule has 0 unspecified atom stereocenters. The van der Waals surface area contributed by atoms with Crippen LogP contribution >= 0.6 is 0 Å². The van der Waals surface area contributed by atoms with E-state index in [-0.39, 0.29) is 18.2 Å². The number of sulfonamides is 1. The molecule has 0 aromatic carbocycles. The molecule has 3 rings (SSSR count). The Morgan fingerprint density at radius 3 is 2.75 bits per heavy atom. The molecule has 2 aliphatic heterocycles. The minimum atomic E-state index is -3.36. The average Bonchev–Trinajstić information content (AvgIpc) is 2.40. The topological polar surface area (TPSA) is 71.0 Å². The average molecular weight is 301 g/mol. The standard InChI is InChI=1S/C13H23N3O3S/c1-16-8-7-11-12(9-16)20(17,18)15-13(19-11)14-10-5-3-2-4-6-10/h10-12H,2-9H2,1H3,(H,14,15)/t11-,12+/m0/s1. The van der Waals surface area contributed by atoms with Gasteiger partial charge in [0.05, 0.1) is 6.04 Å². The summed E-state index contributed by atoms with van der Waals surface area (Å²) in [4.78, 5) is 6.53. The van der Waals surface area contributed by atoms with Crippen molar-refractivity contribution in [3.8, 4) is 0 Å². The molecule has 1 aliphatic carbocycles. The molecule has 3 fully saturated rings. The van der Waals surface area contributed by atoms with Crippen molar-refractivity contribution in [1.82, 2.24) is 9.62 Å². The van der Waals surface area contributed by atoms with Crippen molar-refractivity contribution in [2.75, 3.05) is 20.1 Å². The van der Waals surface area contributed by atoms with Crippen LogP contribution < -0.4 is 4.72 Å². The number of rotatable bonds is 1. The van der Waals surface area contributed by atoms with Crippen molar-refractivity contribution >= 4 is 16.0 Å². The van der Waals surface area contributed by atoms with E-state index in [9.17, 15) is 8.42 Å². The smallest absolute Gasteiger partial charge is 0.299 e. The van der Waals surface area contributed by atoms with Gasteiger partial charge in [0, 0.05) is 13.1 Å². The molecule has 0 bridgehead atoms. The van der Waals surface area contributed by atoms with Crippen LogP contribution in [0.4, 0.5) is 0 Å². The molecule has 114 valence electrons. The van der Waals surface area contributed by atoms with Crippen LogP contribution in [0.15, 0.2) is 4.99 Å². The van der Waals surface area contributed by atoms with Gasteiger partial charge in [-0.2, -0.15) is 0 Å². The van der Waals surface area contributed by atoms with Crippen molar-refractivity contribution in [2.24, 2.45) is 4.99 Å². The Kier molecular flexibility index (Phi) is 3.90. The highest BCUT2D eigenvalue weighted by Crippen LogP contribution is 2.25. The molecule has 0 aromatic rings. The molecule has 1 N–H and O–H groups in total. The fourth-order valence-electron chi connectivity index (χ4n) is 3.28. The maximum Gasteiger partial charge on any atom is 0.299 e. The molecule has 7 heteroatoms. The number of nitrogens with zero attached hydrogens (tertiary/aromatic N) is 2. The van der Waals surface area contributed by atoms with Crippen molar-refractivity contribution in [2.45, 2.75) is 55.9 Å². The zero-order valence-electron chi connectivity index (χ0n) is 11.9. The number of nitrogens with one attached hydrogen (secondary N) is 1. The summed E-state index contributed by atoms with van der Waals surface area (Å²) >= 11 is 0. The Hall–Kier alpha value is -0.820. The molecular weight excluding hydrogens is 278 g/mol. The second kappa shape index (κ2) is 5.52. The predicted molar refractivity (Wildman–Crippen MR) is 77.1 cm³/mol. The van der Waals surface area contributed by atoms with E-state index in [4.69, 9.17) is 4.74 Å². The zero-order chi connectivity index (χ0) is 14.2. The van der Waals surface area contributed by atoms with E-state index in [0.717, 1.165) is 25.8 Å². The lowest BCUT2D eigenvalue weighted by Crippen LogP contribution is -2.60. The molecule has 0 radical (unpaired) electrons. The summed E-state index contributed by atoms with van der Waals surface area (Å²) in [7, 11) is -1.42. The van der Waals surface area contributed by atoms with Crippen molar-refractivity contribution in [3.05, 3.63) is 0 Å². The molecule has 20 heavy (non-hydrogen) atoms. The first kappa shape index (κ1) is 14.1. The van der Waals surface area contributed by atoms with E-state index in [1.165, 1.54) is 19.3 Å². The maximum atomic E-state index is 12.3. The molecule has 2 saturated heterocycles. The van der Waals surface area contributed by atoms with Crippen molar-refractivity contribution < 1.29 is 13.2 Å². The van der Waals surface area contributed by atoms with Gasteiger partial charge in [-0.1, -0.05) is 19.3 Å². The minimum absolute atomic E-state index is 0.212. The number of hydrogen-bond acceptors (Lipinski definition) is 5. The molecule has 2 atom stereocenters. The molecule has 2 heterocycles. The van der Waals surface area contributed by atoms with E-state index < -0.39 is 15.3 Å². The third-order valence-corrected chi connectivity index (χ3v) is 6.18. The van der Waals surface area contributed by atoms with Crippen molar-refractivity contribution in [1.29, 1.82) is 0 Å². The van der Waals surface area contributed by atoms with Crippen LogP contribution in [0.1, 0.15) is 38.5 Å². The van der Waals surface area contributed by atoms with Gasteiger partial charge in [0.15, 0.2) is 0 Å². The second-order valence-corrected chi connectivity index (χ2v) is 8.02. The molecule has 1 saturated carbocycles. The Labute approximate surface area is 120 Å². The zero-order valence-corrected chi connectivity index (χ0v) is 12.7. The molecule has 3 aliphatic rings. The lowest BCUT2D eigenvalue weighted by molar-refractivity contribution is 0.0961. The Morgan fingerprint density at radius 1 is 1.25 bits per heavy atom. The van der Waals surface area contributed by atoms with Crippen LogP contribution in [0.3, 0.4) is 0 Å². The van der Waals surface area contributed by atoms with E-state index in [0.29, 0.717) is 6.54 Å². The number of amidine groups is 1. The molecule has 0 amide bonds. The summed E-state index contributed by atoms with van der Waals surface area (Å²) < 4.78 is 33.0. The molecule has 0 spiro atoms. The van der Waals surface area contributed by atoms with Crippen LogP contribution in [-0.4, -0.2) is 56.9 Å². The molecular formula is C13H23N3O3S. The summed E-state index contributed by atoms with van der Waals surface area (Å²) in [5.74, 6) is 0. The summed E-state index contributed by atoms with van der Waals surface area (Å²) in [5.41, 5.74) is 0. The van der Waals surface area contributed by atoms with E-state index in [1.807, 2.05) is 11.9 Å². The van der Waals surface area contributed by atoms with Gasteiger partial charge in [0.1, 0.15) is 11.4 Å². The fraction of sp³-hybridized carbons (Fsp3) is 0.923. The monoisotopic (exact) mass is 301 g/mol. The highest BCUT2D eigenvalue weighted by molar-refractivity contribution is 7.90. The summed E-state index contributed by atoms with van der Waals surface area (Å²) in [5, 5.41) is -0.480. The SMILES string of the molecule is CN1CC[C@@H]2OC(=NC3CCCCC3)NS(=O)(=O)[C@@H]2C1. The van der Waals surface area contributed by atoms with Crippen LogP contribution in [-0.2, 0) is 14.8 Å². The highest BCUT2D eigenvalue weighted by atomic mass is 32.2. The van der Waals surface area contributed by atoms with Crippen LogP contribution in [0, 0.1) is 0 Å². The normalized spacial score (nSPS) is 37.0. The Bertz CT molecular complexity index is 485. The van der Waals surface area contributed by atoms with E-state index in [1.54, 1.807) is 0 Å². The van der Waals surface area contributed by atoms with Crippen LogP contribution in [0.25, 0.3) is 0 Å². The van der Waals surface area contributed by atoms with Gasteiger partial charge in [-0.15, -0.1) is 0 Å². The quantitative estimate of drug-likeness (QED) is 0.774. The molecule has 0 aromatic heterocycles. The second-order valence-electron chi connectivity index (χ2n) is 6.12. The van der Waals surface area contributed by atoms with Gasteiger partial charge in [0.25, 0.3) is 6.02 Å². The lowest BCUT2D eigenvalue weighted by atomic mass is 9.96. The lowest BCUT2D eigenvalue weighted by Gasteiger charge is -2.39. The van der Waals surface area contributed by atoms with Gasteiger partial charge in [-0.3, -0.25) is 0 Å². The van der Waals surface area contributed by atoms with Gasteiger partial charge < -0.3 is 9.64 Å². The van der Waals surface area contributed by atoms with Crippen LogP contribution in [0.2, 0.25) is 0 Å². The minimum Gasteiger partial charge on any atom is -0.460 e. The van der Waals surface area contributed by atoms with Gasteiger partial charge >= 0.3 is 0 Å². The number of aliphatic imine (C=N–C) groups is 1. The third-order valence-electron chi connectivity index (χ3n) is 4.47. The number of ether oxygens (including phenoxy) is 1. The number of hydrogen-bond donors (Lipinski definition) is 1. The fourth-order valence-corrected chi connectivity index (χ4v) is 4.82. The van der Waals surface area contributed by atoms with E-state index >= 15 is 0 Å². The first-order chi connectivity index (χ1) is 9.54. The molecule has 6 nitrogen and oxygen atoms in total. The summed E-state index contributed by atoms with van der Waals surface area (Å²) in [6, 6.07) is 0.437. The van der Waals surface area contributed by atoms with E-state index in [2.05, 4.69) is 9.71 Å². The van der Waals surface area contributed by atoms with Crippen molar-refractivity contribution in [3.63, 3.8) is 0 Å². The number of piperidine rings is 1. The Balaban J connectivity index is 1.75. The number of likely N-dealkylation sites (tertiary alicyclic amines) is 1. The van der Waals surface area contributed by atoms with Gasteiger partial charge in [-0.05, 0) is 26.3 Å². The predicted octanol–water partition coefficient (Wildman–Crippen LogP) is 0.697. The van der Waals surface area contributed by atoms with Gasteiger partial charge in [-0.25, -0.2) is 18.1 Å². The summed E-state index contributed by atoms with van der Waals surface area (Å²) in [6.45, 7) is 1.39. The third kappa shape index (κ3) is 2.93. The Morgan fingerprint density at radius 2 is 2.00 bits per heavy atom. The maximum absolute atomic E-state index is 12.3. The van der Waals surface area contributed by atoms with Gasteiger partial charge in [0.2, 0.25) is 10.0 Å². The van der Waals surface area contributed by atoms with Crippen LogP contribution in [0.5, 0.6) is 0 Å². The highest BCUT2D eigenvalue weighted by Gasteiger charge is 2.44.